The van der Waals surface area contributed by atoms with Gasteiger partial charge in [-0.15, -0.1) is 0 Å². The van der Waals surface area contributed by atoms with Gasteiger partial charge in [-0.3, -0.25) is 9.59 Å². The van der Waals surface area contributed by atoms with Crippen LogP contribution in [0.4, 0.5) is 0 Å². The van der Waals surface area contributed by atoms with Gasteiger partial charge in [-0.05, 0) is 84.4 Å². The van der Waals surface area contributed by atoms with Crippen molar-refractivity contribution in [2.24, 2.45) is 50.2 Å². The predicted molar refractivity (Wildman–Crippen MR) is 161 cm³/mol. The summed E-state index contributed by atoms with van der Waals surface area (Å²) in [7, 11) is 0. The van der Waals surface area contributed by atoms with Crippen molar-refractivity contribution in [3.63, 3.8) is 0 Å². The van der Waals surface area contributed by atoms with E-state index >= 15 is 0 Å². The van der Waals surface area contributed by atoms with Gasteiger partial charge in [-0.1, -0.05) is 53.2 Å². The normalized spacial score (nSPS) is 51.1. The summed E-state index contributed by atoms with van der Waals surface area (Å²) < 4.78 is 0. The summed E-state index contributed by atoms with van der Waals surface area (Å²) in [6.45, 7) is 16.8. The highest BCUT2D eigenvalue weighted by Crippen LogP contribution is 2.75. The van der Waals surface area contributed by atoms with Gasteiger partial charge in [0.15, 0.2) is 0 Å². The lowest BCUT2D eigenvalue weighted by Gasteiger charge is -2.72. The van der Waals surface area contributed by atoms with Gasteiger partial charge in [-0.2, -0.15) is 0 Å². The largest absolute Gasteiger partial charge is 0.392 e. The first-order valence-corrected chi connectivity index (χ1v) is 16.2. The maximum Gasteiger partial charge on any atom is 0.216 e. The third-order valence-electron chi connectivity index (χ3n) is 14.3. The number of nitrogens with one attached hydrogen (secondary N) is 2. The minimum Gasteiger partial charge on any atom is -0.392 e. The van der Waals surface area contributed by atoms with E-state index in [2.05, 4.69) is 44.4 Å². The van der Waals surface area contributed by atoms with Gasteiger partial charge in [0.25, 0.3) is 0 Å². The molecule has 0 aromatic heterocycles. The maximum atomic E-state index is 12.1. The lowest BCUT2D eigenvalue weighted by atomic mass is 9.33. The van der Waals surface area contributed by atoms with Crippen molar-refractivity contribution in [3.05, 3.63) is 11.6 Å². The van der Waals surface area contributed by atoms with Crippen LogP contribution in [0.3, 0.4) is 0 Å². The molecule has 0 aromatic carbocycles. The average molecular weight is 589 g/mol. The first kappa shape index (κ1) is 31.9. The van der Waals surface area contributed by atoms with Crippen molar-refractivity contribution in [3.8, 4) is 0 Å². The van der Waals surface area contributed by atoms with Crippen LogP contribution in [0.2, 0.25) is 0 Å². The van der Waals surface area contributed by atoms with E-state index in [0.717, 1.165) is 25.7 Å². The number of rotatable bonds is 4. The molecule has 8 nitrogen and oxygen atoms in total. The van der Waals surface area contributed by atoms with E-state index in [1.165, 1.54) is 19.4 Å². The smallest absolute Gasteiger partial charge is 0.216 e. The van der Waals surface area contributed by atoms with Crippen LogP contribution < -0.4 is 10.6 Å². The summed E-state index contributed by atoms with van der Waals surface area (Å²) in [4.78, 5) is 24.0. The molecule has 6 N–H and O–H groups in total. The van der Waals surface area contributed by atoms with E-state index in [4.69, 9.17) is 0 Å². The zero-order valence-electron chi connectivity index (χ0n) is 27.1. The number of amides is 2. The van der Waals surface area contributed by atoms with Crippen molar-refractivity contribution in [2.75, 3.05) is 13.1 Å². The number of hydrogen-bond donors (Lipinski definition) is 6. The van der Waals surface area contributed by atoms with Crippen LogP contribution in [0, 0.1) is 50.2 Å². The highest BCUT2D eigenvalue weighted by atomic mass is 16.3. The van der Waals surface area contributed by atoms with E-state index in [-0.39, 0.29) is 46.4 Å². The molecule has 0 aromatic rings. The number of hydrogen-bond acceptors (Lipinski definition) is 6. The molecular weight excluding hydrogens is 532 g/mol. The van der Waals surface area contributed by atoms with Gasteiger partial charge in [-0.25, -0.2) is 0 Å². The van der Waals surface area contributed by atoms with Crippen LogP contribution in [0.15, 0.2) is 11.6 Å². The second-order valence-electron chi connectivity index (χ2n) is 16.6. The first-order chi connectivity index (χ1) is 19.3. The minimum absolute atomic E-state index is 0.0539. The summed E-state index contributed by atoms with van der Waals surface area (Å²) in [6.07, 6.45) is 4.28. The third-order valence-corrected chi connectivity index (χ3v) is 14.3. The van der Waals surface area contributed by atoms with Gasteiger partial charge in [0.2, 0.25) is 11.8 Å². The zero-order chi connectivity index (χ0) is 31.3. The Morgan fingerprint density at radius 3 is 2.05 bits per heavy atom. The molecular formula is C34H56N2O6. The fourth-order valence-corrected chi connectivity index (χ4v) is 11.6. The molecule has 0 bridgehead atoms. The molecule has 2 amide bonds. The molecule has 0 aliphatic heterocycles. The Hall–Kier alpha value is -1.48. The number of carbonyl (C=O) groups is 2. The number of fused-ring (bicyclic) bond motifs is 7. The van der Waals surface area contributed by atoms with E-state index < -0.39 is 40.7 Å². The van der Waals surface area contributed by atoms with Crippen LogP contribution in [0.5, 0.6) is 0 Å². The summed E-state index contributed by atoms with van der Waals surface area (Å²) in [5.41, 5.74) is -1.30. The Morgan fingerprint density at radius 2 is 1.43 bits per heavy atom. The third kappa shape index (κ3) is 4.13. The average Bonchev–Trinajstić information content (AvgIpc) is 2.88. The van der Waals surface area contributed by atoms with Crippen molar-refractivity contribution < 1.29 is 30.0 Å². The Bertz CT molecular complexity index is 1150. The minimum atomic E-state index is -1.17. The van der Waals surface area contributed by atoms with Crippen LogP contribution in [0.25, 0.3) is 0 Å². The predicted octanol–water partition coefficient (Wildman–Crippen LogP) is 3.31. The summed E-state index contributed by atoms with van der Waals surface area (Å²) >= 11 is 0. The summed E-state index contributed by atoms with van der Waals surface area (Å²) in [5.74, 6) is 0.0932. The molecule has 5 aliphatic rings. The number of aliphatic hydroxyl groups excluding tert-OH is 4. The second-order valence-corrected chi connectivity index (χ2v) is 16.6. The lowest BCUT2D eigenvalue weighted by molar-refractivity contribution is -0.248. The highest BCUT2D eigenvalue weighted by molar-refractivity contribution is 5.73. The van der Waals surface area contributed by atoms with Crippen LogP contribution in [-0.2, 0) is 9.59 Å². The van der Waals surface area contributed by atoms with Gasteiger partial charge >= 0.3 is 0 Å². The quantitative estimate of drug-likeness (QED) is 0.279. The fraction of sp³-hybridized carbons (Fsp3) is 0.882. The maximum absolute atomic E-state index is 12.1. The molecule has 5 rings (SSSR count). The number of allylic oxidation sites excluding steroid dienone is 2. The molecule has 42 heavy (non-hydrogen) atoms. The monoisotopic (exact) mass is 588 g/mol. The molecule has 5 aliphatic carbocycles. The summed E-state index contributed by atoms with van der Waals surface area (Å²) in [5, 5.41) is 52.4. The Balaban J connectivity index is 1.60. The van der Waals surface area contributed by atoms with Gasteiger partial charge in [0.1, 0.15) is 0 Å². The second kappa shape index (κ2) is 10.0. The van der Waals surface area contributed by atoms with E-state index in [1.807, 2.05) is 13.8 Å². The van der Waals surface area contributed by atoms with Crippen LogP contribution in [0.1, 0.15) is 100 Å². The Labute approximate surface area is 252 Å². The van der Waals surface area contributed by atoms with Gasteiger partial charge < -0.3 is 31.1 Å². The van der Waals surface area contributed by atoms with E-state index in [9.17, 15) is 30.0 Å². The molecule has 238 valence electrons. The fourth-order valence-electron chi connectivity index (χ4n) is 11.6. The standard InChI is InChI=1S/C34H56N2O6/c1-19(37)35-17-31(6)23-11-14-32(7)24(30(23,5)13-12-25(31)39)10-9-21-22-15-29(3,4)27(41)28(42)34(22,18-36-20(2)38)26(40)16-33(21,32)8/h9,22-28,39-42H,10-18H2,1-8H3,(H,35,37)(H,36,38)/t22?,23?,24?,25-,26+,27-,28-,30-,31+,32+,33+,34-/m0/s1. The van der Waals surface area contributed by atoms with Gasteiger partial charge in [0.05, 0.1) is 24.4 Å². The topological polar surface area (TPSA) is 139 Å². The molecule has 3 unspecified atom stereocenters. The van der Waals surface area contributed by atoms with Crippen LogP contribution >= 0.6 is 0 Å². The Morgan fingerprint density at radius 1 is 0.810 bits per heavy atom. The molecule has 8 heteroatoms. The summed E-state index contributed by atoms with van der Waals surface area (Å²) in [6, 6.07) is 0. The van der Waals surface area contributed by atoms with Crippen molar-refractivity contribution in [2.45, 2.75) is 125 Å². The lowest BCUT2D eigenvalue weighted by Crippen LogP contribution is -2.72. The molecule has 0 radical (unpaired) electrons. The van der Waals surface area contributed by atoms with Crippen LogP contribution in [-0.4, -0.2) is 69.7 Å². The highest BCUT2D eigenvalue weighted by Gasteiger charge is 2.72. The van der Waals surface area contributed by atoms with E-state index in [1.54, 1.807) is 0 Å². The first-order valence-electron chi connectivity index (χ1n) is 16.2. The molecule has 12 atom stereocenters. The molecule has 4 saturated carbocycles. The molecule has 0 heterocycles. The molecule has 4 fully saturated rings. The van der Waals surface area contributed by atoms with E-state index in [0.29, 0.717) is 31.7 Å². The van der Waals surface area contributed by atoms with Crippen molar-refractivity contribution >= 4 is 11.8 Å². The number of aliphatic hydroxyl groups is 4. The molecule has 0 spiro atoms. The van der Waals surface area contributed by atoms with Crippen molar-refractivity contribution in [1.82, 2.24) is 10.6 Å². The number of carbonyl (C=O) groups excluding carboxylic acids is 2. The SMILES string of the molecule is CC(=O)NC[C@@]12C(CC(C)(C)[C@@H](O)[C@@H]1O)C1=CCC3[C@@]4(C)CC[C@H](O)[C@](C)(CNC(C)=O)C4CC[C@@]3(C)[C@]1(C)C[C@H]2O. The van der Waals surface area contributed by atoms with Gasteiger partial charge in [0, 0.05) is 37.8 Å². The molecule has 0 saturated heterocycles. The zero-order valence-corrected chi connectivity index (χ0v) is 27.1. The Kier molecular flexibility index (Phi) is 7.61. The van der Waals surface area contributed by atoms with Crippen molar-refractivity contribution in [1.29, 1.82) is 0 Å².